The Bertz CT molecular complexity index is 557. The van der Waals surface area contributed by atoms with Gasteiger partial charge in [0.2, 0.25) is 0 Å². The SMILES string of the molecule is CC1(C)C(=O)CCC2(C)C3=CC(=O)CC[C@]3(C=O)CC[C@@H]12. The van der Waals surface area contributed by atoms with Crippen molar-refractivity contribution in [3.8, 4) is 0 Å². The number of carbonyl (C=O) groups excluding carboxylic acids is 3. The summed E-state index contributed by atoms with van der Waals surface area (Å²) in [5.41, 5.74) is 0.0316. The first-order chi connectivity index (χ1) is 9.76. The second kappa shape index (κ2) is 4.37. The number of carbonyl (C=O) groups is 3. The first-order valence-electron chi connectivity index (χ1n) is 8.01. The minimum Gasteiger partial charge on any atom is -0.302 e. The maximum absolute atomic E-state index is 12.3. The van der Waals surface area contributed by atoms with Crippen molar-refractivity contribution in [2.45, 2.75) is 59.3 Å². The molecule has 3 heteroatoms. The molecule has 0 spiro atoms. The summed E-state index contributed by atoms with van der Waals surface area (Å²) < 4.78 is 0. The fraction of sp³-hybridized carbons (Fsp3) is 0.722. The second-order valence-corrected chi connectivity index (χ2v) is 7.95. The second-order valence-electron chi connectivity index (χ2n) is 7.95. The van der Waals surface area contributed by atoms with Crippen molar-refractivity contribution in [1.29, 1.82) is 0 Å². The number of Topliss-reactive ketones (excluding diaryl/α,β-unsaturated/α-hetero) is 1. The highest BCUT2D eigenvalue weighted by molar-refractivity contribution is 5.94. The molecule has 0 bridgehead atoms. The molecule has 0 aromatic rings. The van der Waals surface area contributed by atoms with Crippen LogP contribution in [0.15, 0.2) is 11.6 Å². The van der Waals surface area contributed by atoms with E-state index in [0.717, 1.165) is 31.1 Å². The van der Waals surface area contributed by atoms with Gasteiger partial charge in [0.15, 0.2) is 5.78 Å². The molecule has 3 aliphatic rings. The van der Waals surface area contributed by atoms with E-state index in [4.69, 9.17) is 0 Å². The van der Waals surface area contributed by atoms with Crippen molar-refractivity contribution in [3.63, 3.8) is 0 Å². The van der Waals surface area contributed by atoms with Gasteiger partial charge in [-0.2, -0.15) is 0 Å². The molecule has 0 N–H and O–H groups in total. The Balaban J connectivity index is 2.14. The first kappa shape index (κ1) is 14.7. The van der Waals surface area contributed by atoms with E-state index in [2.05, 4.69) is 6.92 Å². The molecule has 0 saturated heterocycles. The molecule has 1 unspecified atom stereocenters. The van der Waals surface area contributed by atoms with Crippen LogP contribution in [-0.2, 0) is 14.4 Å². The molecule has 0 amide bonds. The van der Waals surface area contributed by atoms with Gasteiger partial charge in [-0.05, 0) is 48.7 Å². The normalized spacial score (nSPS) is 41.9. The minimum atomic E-state index is -0.449. The van der Waals surface area contributed by atoms with Gasteiger partial charge in [0.05, 0.1) is 0 Å². The van der Waals surface area contributed by atoms with Crippen molar-refractivity contribution >= 4 is 17.9 Å². The lowest BCUT2D eigenvalue weighted by Crippen LogP contribution is -2.55. The molecule has 2 saturated carbocycles. The Labute approximate surface area is 126 Å². The molecular formula is C18H24O3. The van der Waals surface area contributed by atoms with Crippen LogP contribution in [0, 0.1) is 22.2 Å². The van der Waals surface area contributed by atoms with Crippen LogP contribution in [-0.4, -0.2) is 17.9 Å². The van der Waals surface area contributed by atoms with Gasteiger partial charge in [-0.1, -0.05) is 20.8 Å². The number of aldehydes is 1. The van der Waals surface area contributed by atoms with Crippen LogP contribution in [0.5, 0.6) is 0 Å². The lowest BCUT2D eigenvalue weighted by Gasteiger charge is -2.59. The Kier molecular flexibility index (Phi) is 3.06. The largest absolute Gasteiger partial charge is 0.302 e. The fourth-order valence-corrected chi connectivity index (χ4v) is 5.30. The van der Waals surface area contributed by atoms with Crippen LogP contribution in [0.1, 0.15) is 59.3 Å². The zero-order valence-corrected chi connectivity index (χ0v) is 13.2. The summed E-state index contributed by atoms with van der Waals surface area (Å²) in [6, 6.07) is 0. The lowest BCUT2D eigenvalue weighted by atomic mass is 9.44. The highest BCUT2D eigenvalue weighted by Gasteiger charge is 2.59. The van der Waals surface area contributed by atoms with Crippen molar-refractivity contribution in [1.82, 2.24) is 0 Å². The van der Waals surface area contributed by atoms with Gasteiger partial charge < -0.3 is 4.79 Å². The monoisotopic (exact) mass is 288 g/mol. The zero-order chi connectivity index (χ0) is 15.5. The Hall–Kier alpha value is -1.25. The topological polar surface area (TPSA) is 51.2 Å². The van der Waals surface area contributed by atoms with E-state index in [1.54, 1.807) is 6.08 Å². The Morgan fingerprint density at radius 2 is 1.81 bits per heavy atom. The maximum Gasteiger partial charge on any atom is 0.155 e. The van der Waals surface area contributed by atoms with Gasteiger partial charge in [0.1, 0.15) is 12.1 Å². The van der Waals surface area contributed by atoms with E-state index >= 15 is 0 Å². The van der Waals surface area contributed by atoms with Crippen LogP contribution in [0.3, 0.4) is 0 Å². The first-order valence-corrected chi connectivity index (χ1v) is 8.01. The molecule has 3 aliphatic carbocycles. The van der Waals surface area contributed by atoms with Gasteiger partial charge in [0.25, 0.3) is 0 Å². The van der Waals surface area contributed by atoms with E-state index < -0.39 is 5.41 Å². The Morgan fingerprint density at radius 1 is 1.10 bits per heavy atom. The maximum atomic E-state index is 12.3. The molecule has 3 rings (SSSR count). The lowest BCUT2D eigenvalue weighted by molar-refractivity contribution is -0.142. The van der Waals surface area contributed by atoms with E-state index in [0.29, 0.717) is 25.0 Å². The standard InChI is InChI=1S/C18H24O3/c1-16(2)13-5-9-18(11-19)8-4-12(20)10-14(18)17(13,3)7-6-15(16)21/h10-11,13H,4-9H2,1-3H3/t13-,17?,18+/m0/s1. The fourth-order valence-electron chi connectivity index (χ4n) is 5.30. The number of ketones is 2. The average Bonchev–Trinajstić information content (AvgIpc) is 2.44. The summed E-state index contributed by atoms with van der Waals surface area (Å²) in [6.45, 7) is 6.25. The van der Waals surface area contributed by atoms with Crippen LogP contribution in [0.25, 0.3) is 0 Å². The summed E-state index contributed by atoms with van der Waals surface area (Å²) in [5.74, 6) is 0.696. The molecule has 2 fully saturated rings. The molecule has 0 heterocycles. The van der Waals surface area contributed by atoms with Gasteiger partial charge >= 0.3 is 0 Å². The molecule has 3 atom stereocenters. The molecule has 3 nitrogen and oxygen atoms in total. The summed E-state index contributed by atoms with van der Waals surface area (Å²) in [4.78, 5) is 36.1. The number of allylic oxidation sites excluding steroid dienone is 2. The van der Waals surface area contributed by atoms with E-state index in [-0.39, 0.29) is 22.5 Å². The molecule has 0 aromatic carbocycles. The summed E-state index contributed by atoms with van der Waals surface area (Å²) in [7, 11) is 0. The van der Waals surface area contributed by atoms with Crippen molar-refractivity contribution in [3.05, 3.63) is 11.6 Å². The molecule has 21 heavy (non-hydrogen) atoms. The summed E-state index contributed by atoms with van der Waals surface area (Å²) in [6.07, 6.45) is 6.97. The molecule has 0 aliphatic heterocycles. The highest BCUT2D eigenvalue weighted by atomic mass is 16.1. The van der Waals surface area contributed by atoms with Crippen molar-refractivity contribution in [2.24, 2.45) is 22.2 Å². The summed E-state index contributed by atoms with van der Waals surface area (Å²) in [5, 5.41) is 0. The van der Waals surface area contributed by atoms with E-state index in [1.165, 1.54) is 0 Å². The number of hydrogen-bond acceptors (Lipinski definition) is 3. The van der Waals surface area contributed by atoms with Gasteiger partial charge in [0, 0.05) is 23.7 Å². The molecule has 114 valence electrons. The third-order valence-electron chi connectivity index (χ3n) is 6.61. The third-order valence-corrected chi connectivity index (χ3v) is 6.61. The quantitative estimate of drug-likeness (QED) is 0.696. The number of rotatable bonds is 1. The van der Waals surface area contributed by atoms with Crippen LogP contribution < -0.4 is 0 Å². The van der Waals surface area contributed by atoms with Crippen LogP contribution in [0.4, 0.5) is 0 Å². The van der Waals surface area contributed by atoms with Gasteiger partial charge in [-0.25, -0.2) is 0 Å². The van der Waals surface area contributed by atoms with E-state index in [9.17, 15) is 14.4 Å². The molecular weight excluding hydrogens is 264 g/mol. The van der Waals surface area contributed by atoms with Gasteiger partial charge in [-0.3, -0.25) is 9.59 Å². The number of hydrogen-bond donors (Lipinski definition) is 0. The highest BCUT2D eigenvalue weighted by Crippen LogP contribution is 2.64. The van der Waals surface area contributed by atoms with Crippen molar-refractivity contribution < 1.29 is 14.4 Å². The minimum absolute atomic E-state index is 0.138. The third kappa shape index (κ3) is 1.82. The van der Waals surface area contributed by atoms with Crippen LogP contribution >= 0.6 is 0 Å². The van der Waals surface area contributed by atoms with Crippen molar-refractivity contribution in [2.75, 3.05) is 0 Å². The van der Waals surface area contributed by atoms with Crippen LogP contribution in [0.2, 0.25) is 0 Å². The summed E-state index contributed by atoms with van der Waals surface area (Å²) >= 11 is 0. The average molecular weight is 288 g/mol. The molecule has 0 aromatic heterocycles. The predicted octanol–water partition coefficient (Wildman–Crippen LogP) is 3.27. The smallest absolute Gasteiger partial charge is 0.155 e. The van der Waals surface area contributed by atoms with Gasteiger partial charge in [-0.15, -0.1) is 0 Å². The zero-order valence-electron chi connectivity index (χ0n) is 13.2. The van der Waals surface area contributed by atoms with E-state index in [1.807, 2.05) is 13.8 Å². The Morgan fingerprint density at radius 3 is 2.48 bits per heavy atom. The molecule has 0 radical (unpaired) electrons. The number of fused-ring (bicyclic) bond motifs is 3. The predicted molar refractivity (Wildman–Crippen MR) is 79.7 cm³/mol.